The fourth-order valence-electron chi connectivity index (χ4n) is 1.94. The minimum Gasteiger partial charge on any atom is -0.390 e. The van der Waals surface area contributed by atoms with E-state index in [9.17, 15) is 15.2 Å². The van der Waals surface area contributed by atoms with Gasteiger partial charge in [-0.15, -0.1) is 0 Å². The molecule has 1 aromatic rings. The van der Waals surface area contributed by atoms with Gasteiger partial charge in [-0.3, -0.25) is 10.1 Å². The third-order valence-corrected chi connectivity index (χ3v) is 3.19. The van der Waals surface area contributed by atoms with E-state index in [-0.39, 0.29) is 10.6 Å². The number of hydrogen-bond donors (Lipinski definition) is 1. The lowest BCUT2D eigenvalue weighted by Gasteiger charge is -2.08. The Balaban J connectivity index is 2.19. The molecule has 0 heterocycles. The number of benzene rings is 1. The van der Waals surface area contributed by atoms with Gasteiger partial charge in [0.25, 0.3) is 5.69 Å². The molecule has 1 N–H and O–H groups in total. The summed E-state index contributed by atoms with van der Waals surface area (Å²) in [6, 6.07) is 5.35. The molecule has 0 unspecified atom stereocenters. The summed E-state index contributed by atoms with van der Waals surface area (Å²) in [5.74, 6) is 0. The summed E-state index contributed by atoms with van der Waals surface area (Å²) in [6.07, 6.45) is 2.85. The van der Waals surface area contributed by atoms with Crippen molar-refractivity contribution in [2.24, 2.45) is 0 Å². The fourth-order valence-corrected chi connectivity index (χ4v) is 1.94. The maximum atomic E-state index is 10.9. The average Bonchev–Trinajstić information content (AvgIpc) is 2.94. The van der Waals surface area contributed by atoms with Gasteiger partial charge in [0.2, 0.25) is 0 Å². The largest absolute Gasteiger partial charge is 0.390 e. The summed E-state index contributed by atoms with van der Waals surface area (Å²) in [5.41, 5.74) is 1.07. The first-order chi connectivity index (χ1) is 7.52. The highest BCUT2D eigenvalue weighted by Gasteiger charge is 2.39. The van der Waals surface area contributed by atoms with Crippen LogP contribution in [0.15, 0.2) is 18.2 Å². The Bertz CT molecular complexity index is 424. The van der Waals surface area contributed by atoms with E-state index in [4.69, 9.17) is 0 Å². The predicted octanol–water partition coefficient (Wildman–Crippen LogP) is 2.36. The van der Waals surface area contributed by atoms with E-state index >= 15 is 0 Å². The van der Waals surface area contributed by atoms with Crippen LogP contribution >= 0.6 is 0 Å². The van der Waals surface area contributed by atoms with Gasteiger partial charge in [-0.25, -0.2) is 0 Å². The smallest absolute Gasteiger partial charge is 0.275 e. The monoisotopic (exact) mass is 221 g/mol. The molecule has 0 atom stereocenters. The van der Waals surface area contributed by atoms with Gasteiger partial charge in [-0.05, 0) is 32.6 Å². The minimum absolute atomic E-state index is 0.201. The number of para-hydroxylation sites is 1. The van der Waals surface area contributed by atoms with Crippen molar-refractivity contribution in [2.75, 3.05) is 0 Å². The van der Waals surface area contributed by atoms with E-state index in [1.807, 2.05) is 6.07 Å². The molecule has 0 saturated heterocycles. The molecule has 4 heteroatoms. The molecule has 0 radical (unpaired) electrons. The van der Waals surface area contributed by atoms with Gasteiger partial charge in [0.15, 0.2) is 0 Å². The first kappa shape index (κ1) is 11.1. The van der Waals surface area contributed by atoms with Crippen molar-refractivity contribution in [1.29, 1.82) is 0 Å². The van der Waals surface area contributed by atoms with Gasteiger partial charge in [0, 0.05) is 11.1 Å². The van der Waals surface area contributed by atoms with Crippen molar-refractivity contribution in [1.82, 2.24) is 0 Å². The van der Waals surface area contributed by atoms with Gasteiger partial charge in [-0.1, -0.05) is 18.2 Å². The van der Waals surface area contributed by atoms with Crippen LogP contribution in [0.25, 0.3) is 0 Å². The molecule has 0 aliphatic heterocycles. The minimum atomic E-state index is -0.544. The molecule has 1 aliphatic rings. The summed E-state index contributed by atoms with van der Waals surface area (Å²) in [4.78, 5) is 10.6. The maximum absolute atomic E-state index is 10.9. The zero-order valence-electron chi connectivity index (χ0n) is 9.27. The summed E-state index contributed by atoms with van der Waals surface area (Å²) < 4.78 is 0. The highest BCUT2D eigenvalue weighted by atomic mass is 16.6. The van der Waals surface area contributed by atoms with Crippen molar-refractivity contribution in [2.45, 2.75) is 38.2 Å². The Labute approximate surface area is 94.1 Å². The predicted molar refractivity (Wildman–Crippen MR) is 60.3 cm³/mol. The van der Waals surface area contributed by atoms with Crippen molar-refractivity contribution in [3.05, 3.63) is 39.4 Å². The molecule has 2 rings (SSSR count). The third kappa shape index (κ3) is 2.22. The fraction of sp³-hybridized carbons (Fsp3) is 0.500. The summed E-state index contributed by atoms with van der Waals surface area (Å²) in [7, 11) is 0. The van der Waals surface area contributed by atoms with Crippen LogP contribution in [0, 0.1) is 17.0 Å². The van der Waals surface area contributed by atoms with E-state index < -0.39 is 5.60 Å². The second kappa shape index (κ2) is 3.87. The highest BCUT2D eigenvalue weighted by Crippen LogP contribution is 2.40. The van der Waals surface area contributed by atoms with Gasteiger partial charge >= 0.3 is 0 Å². The molecule has 0 amide bonds. The van der Waals surface area contributed by atoms with Crippen molar-refractivity contribution in [3.63, 3.8) is 0 Å². The molecule has 1 aromatic carbocycles. The standard InChI is InChI=1S/C12H15NO3/c1-9-3-2-4-10(11(9)13(15)16)5-6-12(14)7-8-12/h2-4,14H,5-8H2,1H3. The molecule has 0 aromatic heterocycles. The molecule has 1 aliphatic carbocycles. The molecular weight excluding hydrogens is 206 g/mol. The Morgan fingerprint density at radius 2 is 2.19 bits per heavy atom. The van der Waals surface area contributed by atoms with Crippen LogP contribution in [-0.4, -0.2) is 15.6 Å². The summed E-state index contributed by atoms with van der Waals surface area (Å²) >= 11 is 0. The maximum Gasteiger partial charge on any atom is 0.275 e. The van der Waals surface area contributed by atoms with Crippen LogP contribution in [0.2, 0.25) is 0 Å². The number of aliphatic hydroxyl groups is 1. The van der Waals surface area contributed by atoms with Gasteiger partial charge in [0.05, 0.1) is 10.5 Å². The zero-order chi connectivity index (χ0) is 11.8. The third-order valence-electron chi connectivity index (χ3n) is 3.19. The van der Waals surface area contributed by atoms with E-state index in [1.54, 1.807) is 19.1 Å². The van der Waals surface area contributed by atoms with E-state index in [2.05, 4.69) is 0 Å². The van der Waals surface area contributed by atoms with Gasteiger partial charge in [0.1, 0.15) is 0 Å². The van der Waals surface area contributed by atoms with Crippen molar-refractivity contribution < 1.29 is 10.0 Å². The van der Waals surface area contributed by atoms with E-state index in [1.165, 1.54) is 0 Å². The second-order valence-corrected chi connectivity index (χ2v) is 4.56. The average molecular weight is 221 g/mol. The lowest BCUT2D eigenvalue weighted by atomic mass is 10.0. The van der Waals surface area contributed by atoms with E-state index in [0.29, 0.717) is 18.4 Å². The molecule has 4 nitrogen and oxygen atoms in total. The van der Waals surface area contributed by atoms with Gasteiger partial charge < -0.3 is 5.11 Å². The SMILES string of the molecule is Cc1cccc(CCC2(O)CC2)c1[N+](=O)[O-]. The quantitative estimate of drug-likeness (QED) is 0.627. The Kier molecular flexibility index (Phi) is 2.68. The summed E-state index contributed by atoms with van der Waals surface area (Å²) in [6.45, 7) is 1.74. The molecular formula is C12H15NO3. The lowest BCUT2D eigenvalue weighted by molar-refractivity contribution is -0.386. The number of hydrogen-bond acceptors (Lipinski definition) is 3. The Morgan fingerprint density at radius 3 is 2.75 bits per heavy atom. The van der Waals surface area contributed by atoms with Crippen LogP contribution in [0.1, 0.15) is 30.4 Å². The van der Waals surface area contributed by atoms with Crippen molar-refractivity contribution in [3.8, 4) is 0 Å². The van der Waals surface area contributed by atoms with Crippen LogP contribution in [0.4, 0.5) is 5.69 Å². The van der Waals surface area contributed by atoms with Crippen LogP contribution in [-0.2, 0) is 6.42 Å². The number of nitrogens with zero attached hydrogens (tertiary/aromatic N) is 1. The molecule has 1 saturated carbocycles. The van der Waals surface area contributed by atoms with Crippen molar-refractivity contribution >= 4 is 5.69 Å². The number of nitro groups is 1. The molecule has 1 fully saturated rings. The topological polar surface area (TPSA) is 63.4 Å². The number of rotatable bonds is 4. The number of aryl methyl sites for hydroxylation is 2. The first-order valence-corrected chi connectivity index (χ1v) is 5.47. The zero-order valence-corrected chi connectivity index (χ0v) is 9.27. The Morgan fingerprint density at radius 1 is 1.50 bits per heavy atom. The second-order valence-electron chi connectivity index (χ2n) is 4.56. The first-order valence-electron chi connectivity index (χ1n) is 5.47. The highest BCUT2D eigenvalue weighted by molar-refractivity contribution is 5.47. The molecule has 86 valence electrons. The molecule has 0 bridgehead atoms. The number of nitro benzene ring substituents is 1. The van der Waals surface area contributed by atoms with Crippen LogP contribution in [0.5, 0.6) is 0 Å². The normalized spacial score (nSPS) is 17.1. The van der Waals surface area contributed by atoms with Crippen LogP contribution < -0.4 is 0 Å². The molecule has 16 heavy (non-hydrogen) atoms. The van der Waals surface area contributed by atoms with Gasteiger partial charge in [-0.2, -0.15) is 0 Å². The van der Waals surface area contributed by atoms with Crippen LogP contribution in [0.3, 0.4) is 0 Å². The van der Waals surface area contributed by atoms with E-state index in [0.717, 1.165) is 18.4 Å². The lowest BCUT2D eigenvalue weighted by Crippen LogP contribution is -2.09. The Hall–Kier alpha value is -1.42. The summed E-state index contributed by atoms with van der Waals surface area (Å²) in [5, 5.41) is 20.6. The molecule has 0 spiro atoms.